The van der Waals surface area contributed by atoms with E-state index in [0.29, 0.717) is 21.7 Å². The third-order valence-electron chi connectivity index (χ3n) is 3.57. The number of hydrogen-bond acceptors (Lipinski definition) is 6. The number of aromatic nitrogens is 3. The Kier molecular flexibility index (Phi) is 4.61. The van der Waals surface area contributed by atoms with Crippen molar-refractivity contribution in [3.8, 4) is 0 Å². The van der Waals surface area contributed by atoms with E-state index in [4.69, 9.17) is 23.2 Å². The lowest BCUT2D eigenvalue weighted by Gasteiger charge is -2.32. The molecule has 0 aliphatic carbocycles. The number of para-hydroxylation sites is 1. The van der Waals surface area contributed by atoms with Gasteiger partial charge in [0.05, 0.1) is 21.9 Å². The Hall–Kier alpha value is -1.63. The van der Waals surface area contributed by atoms with Gasteiger partial charge in [0.15, 0.2) is 5.82 Å². The predicted octanol–water partition coefficient (Wildman–Crippen LogP) is 2.67. The molecule has 1 aliphatic heterocycles. The van der Waals surface area contributed by atoms with Gasteiger partial charge in [0.2, 0.25) is 5.95 Å². The largest absolute Gasteiger partial charge is 0.353 e. The molecule has 116 valence electrons. The molecule has 0 spiro atoms. The monoisotopic (exact) mass is 338 g/mol. The molecule has 8 heteroatoms. The van der Waals surface area contributed by atoms with Crippen LogP contribution in [0.3, 0.4) is 0 Å². The average molecular weight is 339 g/mol. The molecule has 1 N–H and O–H groups in total. The van der Waals surface area contributed by atoms with Crippen molar-refractivity contribution in [2.75, 3.05) is 43.4 Å². The Labute approximate surface area is 139 Å². The summed E-state index contributed by atoms with van der Waals surface area (Å²) in [5, 5.41) is 12.1. The zero-order valence-electron chi connectivity index (χ0n) is 12.1. The van der Waals surface area contributed by atoms with Crippen LogP contribution in [0.15, 0.2) is 24.4 Å². The standard InChI is InChI=1S/C14H16Cl2N6/c1-21-5-7-22(8-6-21)12-9-17-20-14(18-12)19-13-10(15)3-2-4-11(13)16/h2-4,9H,5-8H2,1H3,(H,18,19,20). The number of anilines is 3. The van der Waals surface area contributed by atoms with E-state index in [1.807, 2.05) is 0 Å². The Morgan fingerprint density at radius 3 is 2.45 bits per heavy atom. The lowest BCUT2D eigenvalue weighted by Crippen LogP contribution is -2.44. The van der Waals surface area contributed by atoms with Gasteiger partial charge in [-0.25, -0.2) is 0 Å². The molecule has 1 aromatic carbocycles. The summed E-state index contributed by atoms with van der Waals surface area (Å²) < 4.78 is 0. The highest BCUT2D eigenvalue weighted by Gasteiger charge is 2.16. The van der Waals surface area contributed by atoms with E-state index in [9.17, 15) is 0 Å². The van der Waals surface area contributed by atoms with Crippen molar-refractivity contribution in [1.29, 1.82) is 0 Å². The van der Waals surface area contributed by atoms with Gasteiger partial charge in [0, 0.05) is 26.2 Å². The maximum Gasteiger partial charge on any atom is 0.249 e. The number of nitrogens with one attached hydrogen (secondary N) is 1. The molecular formula is C14H16Cl2N6. The van der Waals surface area contributed by atoms with E-state index in [1.54, 1.807) is 24.4 Å². The van der Waals surface area contributed by atoms with E-state index in [0.717, 1.165) is 32.0 Å². The van der Waals surface area contributed by atoms with Crippen LogP contribution >= 0.6 is 23.2 Å². The third-order valence-corrected chi connectivity index (χ3v) is 4.20. The zero-order valence-corrected chi connectivity index (χ0v) is 13.6. The van der Waals surface area contributed by atoms with Crippen LogP contribution in [-0.2, 0) is 0 Å². The highest BCUT2D eigenvalue weighted by atomic mass is 35.5. The predicted molar refractivity (Wildman–Crippen MR) is 89.3 cm³/mol. The van der Waals surface area contributed by atoms with Crippen molar-refractivity contribution in [3.63, 3.8) is 0 Å². The zero-order chi connectivity index (χ0) is 15.5. The average Bonchev–Trinajstić information content (AvgIpc) is 2.52. The van der Waals surface area contributed by atoms with Crippen molar-refractivity contribution in [2.45, 2.75) is 0 Å². The SMILES string of the molecule is CN1CCN(c2cnnc(Nc3c(Cl)cccc3Cl)n2)CC1. The number of benzene rings is 1. The molecule has 1 aliphatic rings. The molecule has 0 radical (unpaired) electrons. The van der Waals surface area contributed by atoms with Crippen molar-refractivity contribution < 1.29 is 0 Å². The summed E-state index contributed by atoms with van der Waals surface area (Å²) in [6.07, 6.45) is 1.67. The first-order valence-corrected chi connectivity index (χ1v) is 7.73. The van der Waals surface area contributed by atoms with Gasteiger partial charge in [-0.15, -0.1) is 5.10 Å². The van der Waals surface area contributed by atoms with Gasteiger partial charge in [-0.1, -0.05) is 29.3 Å². The van der Waals surface area contributed by atoms with E-state index < -0.39 is 0 Å². The molecule has 1 aromatic heterocycles. The van der Waals surface area contributed by atoms with Crippen LogP contribution < -0.4 is 10.2 Å². The number of piperazine rings is 1. The van der Waals surface area contributed by atoms with Crippen LogP contribution in [0.4, 0.5) is 17.5 Å². The quantitative estimate of drug-likeness (QED) is 0.928. The third kappa shape index (κ3) is 3.40. The molecule has 3 rings (SSSR count). The molecule has 2 aromatic rings. The fraction of sp³-hybridized carbons (Fsp3) is 0.357. The van der Waals surface area contributed by atoms with Crippen molar-refractivity contribution in [3.05, 3.63) is 34.4 Å². The molecule has 0 unspecified atom stereocenters. The lowest BCUT2D eigenvalue weighted by molar-refractivity contribution is 0.312. The molecule has 1 saturated heterocycles. The van der Waals surface area contributed by atoms with Crippen molar-refractivity contribution in [1.82, 2.24) is 20.1 Å². The first-order valence-electron chi connectivity index (χ1n) is 6.98. The molecule has 0 atom stereocenters. The minimum absolute atomic E-state index is 0.381. The molecule has 6 nitrogen and oxygen atoms in total. The maximum absolute atomic E-state index is 6.15. The number of hydrogen-bond donors (Lipinski definition) is 1. The van der Waals surface area contributed by atoms with Gasteiger partial charge < -0.3 is 15.1 Å². The van der Waals surface area contributed by atoms with Crippen molar-refractivity contribution >= 4 is 40.7 Å². The molecule has 0 amide bonds. The van der Waals surface area contributed by atoms with E-state index in [-0.39, 0.29) is 0 Å². The van der Waals surface area contributed by atoms with Crippen LogP contribution in [-0.4, -0.2) is 53.3 Å². The number of rotatable bonds is 3. The molecule has 0 saturated carbocycles. The van der Waals surface area contributed by atoms with Gasteiger partial charge in [0.1, 0.15) is 0 Å². The topological polar surface area (TPSA) is 57.2 Å². The van der Waals surface area contributed by atoms with Crippen LogP contribution in [0.5, 0.6) is 0 Å². The molecule has 22 heavy (non-hydrogen) atoms. The van der Waals surface area contributed by atoms with Crippen molar-refractivity contribution in [2.24, 2.45) is 0 Å². The smallest absolute Gasteiger partial charge is 0.249 e. The summed E-state index contributed by atoms with van der Waals surface area (Å²) in [6.45, 7) is 3.84. The Morgan fingerprint density at radius 1 is 1.09 bits per heavy atom. The summed E-state index contributed by atoms with van der Waals surface area (Å²) >= 11 is 12.3. The van der Waals surface area contributed by atoms with E-state index in [1.165, 1.54) is 0 Å². The minimum atomic E-state index is 0.381. The maximum atomic E-state index is 6.15. The lowest BCUT2D eigenvalue weighted by atomic mass is 10.3. The molecular weight excluding hydrogens is 323 g/mol. The summed E-state index contributed by atoms with van der Waals surface area (Å²) in [4.78, 5) is 8.98. The minimum Gasteiger partial charge on any atom is -0.353 e. The number of halogens is 2. The molecule has 0 bridgehead atoms. The second-order valence-electron chi connectivity index (χ2n) is 5.15. The first-order chi connectivity index (χ1) is 10.6. The highest BCUT2D eigenvalue weighted by Crippen LogP contribution is 2.31. The summed E-state index contributed by atoms with van der Waals surface area (Å²) in [5.41, 5.74) is 0.586. The van der Waals surface area contributed by atoms with E-state index >= 15 is 0 Å². The van der Waals surface area contributed by atoms with Gasteiger partial charge >= 0.3 is 0 Å². The second-order valence-corrected chi connectivity index (χ2v) is 5.96. The first kappa shape index (κ1) is 15.3. The second kappa shape index (κ2) is 6.64. The number of nitrogens with zero attached hydrogens (tertiary/aromatic N) is 5. The fourth-order valence-corrected chi connectivity index (χ4v) is 2.76. The Balaban J connectivity index is 1.79. The van der Waals surface area contributed by atoms with Crippen LogP contribution in [0.1, 0.15) is 0 Å². The molecule has 1 fully saturated rings. The van der Waals surface area contributed by atoms with Gasteiger partial charge in [-0.3, -0.25) is 0 Å². The van der Waals surface area contributed by atoms with Gasteiger partial charge in [0.25, 0.3) is 0 Å². The summed E-state index contributed by atoms with van der Waals surface area (Å²) in [7, 11) is 2.11. The van der Waals surface area contributed by atoms with Crippen LogP contribution in [0, 0.1) is 0 Å². The highest BCUT2D eigenvalue weighted by molar-refractivity contribution is 6.39. The van der Waals surface area contributed by atoms with E-state index in [2.05, 4.69) is 37.3 Å². The van der Waals surface area contributed by atoms with Crippen LogP contribution in [0.25, 0.3) is 0 Å². The Morgan fingerprint density at radius 2 is 1.77 bits per heavy atom. The van der Waals surface area contributed by atoms with Crippen LogP contribution in [0.2, 0.25) is 10.0 Å². The summed E-state index contributed by atoms with van der Waals surface area (Å²) in [6, 6.07) is 5.30. The Bertz CT molecular complexity index is 637. The fourth-order valence-electron chi connectivity index (χ4n) is 2.26. The van der Waals surface area contributed by atoms with Gasteiger partial charge in [-0.05, 0) is 19.2 Å². The molecule has 2 heterocycles. The van der Waals surface area contributed by atoms with Gasteiger partial charge in [-0.2, -0.15) is 10.1 Å². The number of likely N-dealkylation sites (N-methyl/N-ethyl adjacent to an activating group) is 1. The summed E-state index contributed by atoms with van der Waals surface area (Å²) in [5.74, 6) is 1.18. The normalized spacial score (nSPS) is 15.9.